The summed E-state index contributed by atoms with van der Waals surface area (Å²) in [6.07, 6.45) is -4.76. The zero-order valence-electron chi connectivity index (χ0n) is 10.6. The number of rotatable bonds is 4. The molecule has 108 valence electrons. The Morgan fingerprint density at radius 2 is 2.10 bits per heavy atom. The molecule has 3 nitrogen and oxygen atoms in total. The normalized spacial score (nSPS) is 11.0. The number of hydrogen-bond donors (Lipinski definition) is 0. The molecule has 1 aromatic rings. The molecule has 0 spiro atoms. The largest absolute Gasteiger partial charge is 0.466 e. The molecule has 0 N–H and O–H groups in total. The van der Waals surface area contributed by atoms with Crippen molar-refractivity contribution in [2.75, 3.05) is 6.61 Å². The van der Waals surface area contributed by atoms with Gasteiger partial charge in [0.05, 0.1) is 30.2 Å². The maximum absolute atomic E-state index is 12.7. The van der Waals surface area contributed by atoms with Gasteiger partial charge in [-0.15, -0.1) is 0 Å². The summed E-state index contributed by atoms with van der Waals surface area (Å²) in [5, 5.41) is 9.10. The lowest BCUT2D eigenvalue weighted by molar-refractivity contribution is -0.142. The van der Waals surface area contributed by atoms with E-state index in [9.17, 15) is 18.0 Å². The van der Waals surface area contributed by atoms with Crippen molar-refractivity contribution in [3.8, 4) is 6.07 Å². The van der Waals surface area contributed by atoms with Crippen molar-refractivity contribution in [1.82, 2.24) is 0 Å². The van der Waals surface area contributed by atoms with Gasteiger partial charge in [-0.25, -0.2) is 0 Å². The Morgan fingerprint density at radius 3 is 2.55 bits per heavy atom. The second-order valence-corrected chi connectivity index (χ2v) is 4.45. The summed E-state index contributed by atoms with van der Waals surface area (Å²) in [5.41, 5.74) is -0.557. The topological polar surface area (TPSA) is 50.1 Å². The number of ether oxygens (including phenoxy) is 1. The average molecular weight is 350 g/mol. The van der Waals surface area contributed by atoms with Crippen LogP contribution in [0.3, 0.4) is 0 Å². The van der Waals surface area contributed by atoms with E-state index in [1.165, 1.54) is 0 Å². The fourth-order valence-corrected chi connectivity index (χ4v) is 2.18. The third-order valence-electron chi connectivity index (χ3n) is 2.56. The molecule has 1 rings (SSSR count). The molecule has 0 unspecified atom stereocenters. The van der Waals surface area contributed by atoms with Crippen LogP contribution in [0, 0.1) is 11.3 Å². The van der Waals surface area contributed by atoms with Crippen LogP contribution in [0.4, 0.5) is 13.2 Å². The molecule has 20 heavy (non-hydrogen) atoms. The lowest BCUT2D eigenvalue weighted by atomic mass is 9.96. The Labute approximate surface area is 122 Å². The van der Waals surface area contributed by atoms with Crippen molar-refractivity contribution in [1.29, 1.82) is 5.26 Å². The third-order valence-corrected chi connectivity index (χ3v) is 3.16. The van der Waals surface area contributed by atoms with E-state index in [1.54, 1.807) is 13.0 Å². The Bertz CT molecular complexity index is 550. The SMILES string of the molecule is CCOC(=O)Cc1c(C#N)cc(C(F)(F)F)cc1CBr. The molecule has 0 fully saturated rings. The van der Waals surface area contributed by atoms with Crippen molar-refractivity contribution < 1.29 is 22.7 Å². The van der Waals surface area contributed by atoms with Crippen LogP contribution in [0.1, 0.15) is 29.2 Å². The van der Waals surface area contributed by atoms with Crippen LogP contribution in [0.25, 0.3) is 0 Å². The van der Waals surface area contributed by atoms with Crippen LogP contribution in [0.2, 0.25) is 0 Å². The number of carbonyl (C=O) groups excluding carboxylic acids is 1. The van der Waals surface area contributed by atoms with Gasteiger partial charge in [0.2, 0.25) is 0 Å². The first-order valence-electron chi connectivity index (χ1n) is 5.68. The summed E-state index contributed by atoms with van der Waals surface area (Å²) in [7, 11) is 0. The fraction of sp³-hybridized carbons (Fsp3) is 0.385. The summed E-state index contributed by atoms with van der Waals surface area (Å²) < 4.78 is 42.9. The lowest BCUT2D eigenvalue weighted by Crippen LogP contribution is -2.13. The van der Waals surface area contributed by atoms with Gasteiger partial charge in [-0.1, -0.05) is 15.9 Å². The summed E-state index contributed by atoms with van der Waals surface area (Å²) in [5.74, 6) is -0.578. The predicted octanol–water partition coefficient (Wildman–Crippen LogP) is 3.58. The van der Waals surface area contributed by atoms with Crippen molar-refractivity contribution in [3.63, 3.8) is 0 Å². The lowest BCUT2D eigenvalue weighted by Gasteiger charge is -2.14. The van der Waals surface area contributed by atoms with E-state index in [2.05, 4.69) is 15.9 Å². The highest BCUT2D eigenvalue weighted by atomic mass is 79.9. The van der Waals surface area contributed by atoms with Crippen molar-refractivity contribution in [2.45, 2.75) is 24.9 Å². The van der Waals surface area contributed by atoms with E-state index in [-0.39, 0.29) is 35.0 Å². The second-order valence-electron chi connectivity index (χ2n) is 3.89. The van der Waals surface area contributed by atoms with E-state index in [0.717, 1.165) is 12.1 Å². The molecule has 0 saturated carbocycles. The Kier molecular flexibility index (Phi) is 5.57. The fourth-order valence-electron chi connectivity index (χ4n) is 1.68. The molecule has 0 amide bonds. The van der Waals surface area contributed by atoms with Crippen molar-refractivity contribution in [2.24, 2.45) is 0 Å². The third kappa shape index (κ3) is 3.97. The minimum Gasteiger partial charge on any atom is -0.466 e. The van der Waals surface area contributed by atoms with E-state index in [1.807, 2.05) is 0 Å². The molecule has 1 aromatic carbocycles. The van der Waals surface area contributed by atoms with Gasteiger partial charge in [-0.2, -0.15) is 18.4 Å². The summed E-state index contributed by atoms with van der Waals surface area (Å²) in [4.78, 5) is 11.5. The van der Waals surface area contributed by atoms with Crippen LogP contribution in [-0.2, 0) is 27.5 Å². The van der Waals surface area contributed by atoms with E-state index in [4.69, 9.17) is 10.00 Å². The van der Waals surface area contributed by atoms with E-state index >= 15 is 0 Å². The molecule has 0 aliphatic heterocycles. The van der Waals surface area contributed by atoms with Crippen LogP contribution in [-0.4, -0.2) is 12.6 Å². The number of benzene rings is 1. The van der Waals surface area contributed by atoms with Gasteiger partial charge in [0, 0.05) is 5.33 Å². The molecule has 0 bridgehead atoms. The van der Waals surface area contributed by atoms with Gasteiger partial charge in [-0.05, 0) is 30.2 Å². The van der Waals surface area contributed by atoms with Crippen LogP contribution in [0.5, 0.6) is 0 Å². The van der Waals surface area contributed by atoms with Gasteiger partial charge < -0.3 is 4.74 Å². The molecule has 0 atom stereocenters. The number of nitrogens with zero attached hydrogens (tertiary/aromatic N) is 1. The van der Waals surface area contributed by atoms with Gasteiger partial charge in [0.15, 0.2) is 0 Å². The molecule has 0 aromatic heterocycles. The number of alkyl halides is 4. The smallest absolute Gasteiger partial charge is 0.416 e. The van der Waals surface area contributed by atoms with E-state index < -0.39 is 17.7 Å². The summed E-state index contributed by atoms with van der Waals surface area (Å²) in [6, 6.07) is 3.39. The predicted molar refractivity (Wildman–Crippen MR) is 69.1 cm³/mol. The molecule has 0 radical (unpaired) electrons. The Balaban J connectivity index is 3.30. The Morgan fingerprint density at radius 1 is 1.45 bits per heavy atom. The molecule has 7 heteroatoms. The summed E-state index contributed by atoms with van der Waals surface area (Å²) in [6.45, 7) is 1.80. The highest BCUT2D eigenvalue weighted by molar-refractivity contribution is 9.08. The van der Waals surface area contributed by atoms with Crippen LogP contribution in [0.15, 0.2) is 12.1 Å². The maximum atomic E-state index is 12.7. The minimum absolute atomic E-state index is 0.111. The first-order valence-corrected chi connectivity index (χ1v) is 6.80. The number of nitriles is 1. The first-order chi connectivity index (χ1) is 9.33. The first kappa shape index (κ1) is 16.5. The van der Waals surface area contributed by atoms with Gasteiger partial charge in [0.25, 0.3) is 0 Å². The highest BCUT2D eigenvalue weighted by Crippen LogP contribution is 2.33. The standard InChI is InChI=1S/C13H11BrF3NO2/c1-2-20-12(19)5-11-8(6-14)3-10(13(15,16)17)4-9(11)7-18/h3-4H,2,5-6H2,1H3. The molecular formula is C13H11BrF3NO2. The number of carbonyl (C=O) groups is 1. The maximum Gasteiger partial charge on any atom is 0.416 e. The van der Waals surface area contributed by atoms with Crippen molar-refractivity contribution >= 4 is 21.9 Å². The zero-order valence-corrected chi connectivity index (χ0v) is 12.1. The van der Waals surface area contributed by atoms with Crippen LogP contribution < -0.4 is 0 Å². The number of halogens is 4. The van der Waals surface area contributed by atoms with Crippen LogP contribution >= 0.6 is 15.9 Å². The molecule has 0 saturated heterocycles. The molecule has 0 aliphatic carbocycles. The molecular weight excluding hydrogens is 339 g/mol. The monoisotopic (exact) mass is 349 g/mol. The molecule has 0 aliphatic rings. The van der Waals surface area contributed by atoms with E-state index in [0.29, 0.717) is 0 Å². The van der Waals surface area contributed by atoms with Gasteiger partial charge in [0.1, 0.15) is 0 Å². The average Bonchev–Trinajstić information content (AvgIpc) is 2.37. The molecule has 0 heterocycles. The van der Waals surface area contributed by atoms with Gasteiger partial charge >= 0.3 is 12.1 Å². The summed E-state index contributed by atoms with van der Waals surface area (Å²) >= 11 is 3.07. The number of hydrogen-bond acceptors (Lipinski definition) is 3. The Hall–Kier alpha value is -1.55. The zero-order chi connectivity index (χ0) is 15.3. The quantitative estimate of drug-likeness (QED) is 0.616. The van der Waals surface area contributed by atoms with Crippen molar-refractivity contribution in [3.05, 3.63) is 34.4 Å². The van der Waals surface area contributed by atoms with Gasteiger partial charge in [-0.3, -0.25) is 4.79 Å². The second kappa shape index (κ2) is 6.75. The minimum atomic E-state index is -4.54. The number of esters is 1. The highest BCUT2D eigenvalue weighted by Gasteiger charge is 2.32.